The van der Waals surface area contributed by atoms with Crippen molar-refractivity contribution in [2.45, 2.75) is 321 Å². The monoisotopic (exact) mass is 876 g/mol. The van der Waals surface area contributed by atoms with Gasteiger partial charge in [-0.25, -0.2) is 0 Å². The Morgan fingerprint density at radius 2 is 0.758 bits per heavy atom. The second-order valence-electron chi connectivity index (χ2n) is 19.3. The third-order valence-corrected chi connectivity index (χ3v) is 13.1. The standard InChI is InChI=1S/C56H109NO5/c1-3-5-7-9-11-13-15-17-18-19-21-25-28-32-36-40-44-48-54(59)53(52-58)57-55(60)49-45-41-37-33-29-26-22-20-23-27-31-35-39-43-47-51-62-56(61)50-46-42-38-34-30-24-16-14-12-10-8-6-4-2/h23,27,53-54,58-59H,3-22,24-26,28-52H2,1-2H3,(H,57,60)/b27-23-. The zero-order valence-electron chi connectivity index (χ0n) is 41.9. The van der Waals surface area contributed by atoms with Crippen LogP contribution in [0.2, 0.25) is 0 Å². The summed E-state index contributed by atoms with van der Waals surface area (Å²) in [6.45, 7) is 4.93. The predicted molar refractivity (Wildman–Crippen MR) is 269 cm³/mol. The Labute approximate surface area is 387 Å². The van der Waals surface area contributed by atoms with Gasteiger partial charge in [0.25, 0.3) is 0 Å². The van der Waals surface area contributed by atoms with Crippen LogP contribution in [0.15, 0.2) is 12.2 Å². The largest absolute Gasteiger partial charge is 0.466 e. The number of nitrogens with one attached hydrogen (secondary N) is 1. The van der Waals surface area contributed by atoms with Crippen LogP contribution >= 0.6 is 0 Å². The number of hydrogen-bond acceptors (Lipinski definition) is 5. The summed E-state index contributed by atoms with van der Waals surface area (Å²) in [5.74, 6) is -0.0558. The molecule has 3 N–H and O–H groups in total. The van der Waals surface area contributed by atoms with Crippen LogP contribution in [0.1, 0.15) is 309 Å². The van der Waals surface area contributed by atoms with Crippen molar-refractivity contribution in [3.63, 3.8) is 0 Å². The van der Waals surface area contributed by atoms with Crippen molar-refractivity contribution < 1.29 is 24.5 Å². The molecule has 2 atom stereocenters. The Kier molecular flexibility index (Phi) is 51.0. The summed E-state index contributed by atoms with van der Waals surface area (Å²) in [4.78, 5) is 24.5. The average molecular weight is 876 g/mol. The summed E-state index contributed by atoms with van der Waals surface area (Å²) < 4.78 is 5.45. The second kappa shape index (κ2) is 52.2. The van der Waals surface area contributed by atoms with Gasteiger partial charge in [-0.2, -0.15) is 0 Å². The molecule has 0 radical (unpaired) electrons. The van der Waals surface area contributed by atoms with Crippen LogP contribution in [-0.4, -0.2) is 47.4 Å². The molecule has 6 nitrogen and oxygen atoms in total. The van der Waals surface area contributed by atoms with Gasteiger partial charge in [0.2, 0.25) is 5.91 Å². The molecule has 0 fully saturated rings. The Morgan fingerprint density at radius 1 is 0.435 bits per heavy atom. The first-order valence-corrected chi connectivity index (χ1v) is 27.9. The van der Waals surface area contributed by atoms with Gasteiger partial charge in [0.15, 0.2) is 0 Å². The number of unbranched alkanes of at least 4 members (excludes halogenated alkanes) is 39. The van der Waals surface area contributed by atoms with Gasteiger partial charge in [-0.15, -0.1) is 0 Å². The highest BCUT2D eigenvalue weighted by molar-refractivity contribution is 5.76. The molecule has 0 saturated heterocycles. The minimum atomic E-state index is -0.673. The maximum absolute atomic E-state index is 12.5. The van der Waals surface area contributed by atoms with Gasteiger partial charge in [-0.1, -0.05) is 257 Å². The number of carbonyl (C=O) groups excluding carboxylic acids is 2. The Balaban J connectivity index is 3.47. The van der Waals surface area contributed by atoms with E-state index in [4.69, 9.17) is 4.74 Å². The SMILES string of the molecule is CCCCCCCCCCCCCCCCCCCC(O)C(CO)NC(=O)CCCCCCCCC/C=C\CCCCCCOC(=O)CCCCCCCCCCCCCCC. The van der Waals surface area contributed by atoms with Gasteiger partial charge in [0.1, 0.15) is 0 Å². The molecular formula is C56H109NO5. The topological polar surface area (TPSA) is 95.9 Å². The number of esters is 1. The molecule has 0 aliphatic heterocycles. The molecule has 0 rings (SSSR count). The lowest BCUT2D eigenvalue weighted by Crippen LogP contribution is -2.45. The van der Waals surface area contributed by atoms with E-state index in [0.29, 0.717) is 25.9 Å². The molecule has 6 heteroatoms. The highest BCUT2D eigenvalue weighted by atomic mass is 16.5. The fraction of sp³-hybridized carbons (Fsp3) is 0.929. The van der Waals surface area contributed by atoms with Crippen LogP contribution < -0.4 is 5.32 Å². The van der Waals surface area contributed by atoms with Crippen LogP contribution in [0.25, 0.3) is 0 Å². The van der Waals surface area contributed by atoms with E-state index in [0.717, 1.165) is 70.6 Å². The fourth-order valence-electron chi connectivity index (χ4n) is 8.75. The summed E-state index contributed by atoms with van der Waals surface area (Å²) in [7, 11) is 0. The summed E-state index contributed by atoms with van der Waals surface area (Å²) >= 11 is 0. The van der Waals surface area contributed by atoms with Crippen molar-refractivity contribution in [1.82, 2.24) is 5.32 Å². The van der Waals surface area contributed by atoms with Crippen LogP contribution in [0.5, 0.6) is 0 Å². The van der Waals surface area contributed by atoms with Crippen LogP contribution in [-0.2, 0) is 14.3 Å². The second-order valence-corrected chi connectivity index (χ2v) is 19.3. The van der Waals surface area contributed by atoms with Gasteiger partial charge < -0.3 is 20.3 Å². The van der Waals surface area contributed by atoms with E-state index in [-0.39, 0.29) is 18.5 Å². The lowest BCUT2D eigenvalue weighted by Gasteiger charge is -2.22. The van der Waals surface area contributed by atoms with Crippen LogP contribution in [0.3, 0.4) is 0 Å². The van der Waals surface area contributed by atoms with Gasteiger partial charge in [0, 0.05) is 12.8 Å². The van der Waals surface area contributed by atoms with Crippen molar-refractivity contribution in [2.24, 2.45) is 0 Å². The number of carbonyl (C=O) groups is 2. The van der Waals surface area contributed by atoms with E-state index in [2.05, 4.69) is 31.3 Å². The minimum absolute atomic E-state index is 0.00797. The Bertz CT molecular complexity index is 924. The van der Waals surface area contributed by atoms with E-state index in [1.54, 1.807) is 0 Å². The smallest absolute Gasteiger partial charge is 0.305 e. The van der Waals surface area contributed by atoms with Crippen molar-refractivity contribution in [2.75, 3.05) is 13.2 Å². The van der Waals surface area contributed by atoms with Gasteiger partial charge in [0.05, 0.1) is 25.4 Å². The molecule has 1 amide bonds. The van der Waals surface area contributed by atoms with E-state index in [1.807, 2.05) is 0 Å². The maximum Gasteiger partial charge on any atom is 0.305 e. The lowest BCUT2D eigenvalue weighted by molar-refractivity contribution is -0.143. The lowest BCUT2D eigenvalue weighted by atomic mass is 10.0. The molecule has 0 saturated carbocycles. The van der Waals surface area contributed by atoms with E-state index in [9.17, 15) is 19.8 Å². The van der Waals surface area contributed by atoms with Gasteiger partial charge in [-0.3, -0.25) is 9.59 Å². The van der Waals surface area contributed by atoms with Crippen molar-refractivity contribution >= 4 is 11.9 Å². The fourth-order valence-corrected chi connectivity index (χ4v) is 8.75. The molecule has 0 aliphatic rings. The predicted octanol–water partition coefficient (Wildman–Crippen LogP) is 16.9. The van der Waals surface area contributed by atoms with Crippen molar-refractivity contribution in [3.05, 3.63) is 12.2 Å². The van der Waals surface area contributed by atoms with Gasteiger partial charge in [-0.05, 0) is 51.4 Å². The number of amides is 1. The molecule has 0 aromatic rings. The first kappa shape index (κ1) is 60.6. The summed E-state index contributed by atoms with van der Waals surface area (Å²) in [6, 6.07) is -0.552. The number of aliphatic hydroxyl groups is 2. The zero-order valence-corrected chi connectivity index (χ0v) is 41.9. The van der Waals surface area contributed by atoms with E-state index < -0.39 is 12.1 Å². The molecule has 0 aromatic heterocycles. The van der Waals surface area contributed by atoms with E-state index in [1.165, 1.54) is 205 Å². The minimum Gasteiger partial charge on any atom is -0.466 e. The molecule has 0 aromatic carbocycles. The normalized spacial score (nSPS) is 12.6. The first-order valence-electron chi connectivity index (χ1n) is 27.9. The molecule has 2 unspecified atom stereocenters. The average Bonchev–Trinajstić information content (AvgIpc) is 3.27. The number of aliphatic hydroxyl groups excluding tert-OH is 2. The molecule has 0 aliphatic carbocycles. The van der Waals surface area contributed by atoms with Crippen molar-refractivity contribution in [3.8, 4) is 0 Å². The summed E-state index contributed by atoms with van der Waals surface area (Å²) in [5.41, 5.74) is 0. The molecule has 368 valence electrons. The van der Waals surface area contributed by atoms with Crippen LogP contribution in [0.4, 0.5) is 0 Å². The van der Waals surface area contributed by atoms with Crippen LogP contribution in [0, 0.1) is 0 Å². The molecule has 0 bridgehead atoms. The number of hydrogen-bond donors (Lipinski definition) is 3. The third kappa shape index (κ3) is 48.1. The van der Waals surface area contributed by atoms with E-state index >= 15 is 0 Å². The summed E-state index contributed by atoms with van der Waals surface area (Å²) in [6.07, 6.45) is 60.5. The quantitative estimate of drug-likeness (QED) is 0.0321. The molecule has 0 heterocycles. The molecule has 62 heavy (non-hydrogen) atoms. The van der Waals surface area contributed by atoms with Gasteiger partial charge >= 0.3 is 5.97 Å². The highest BCUT2D eigenvalue weighted by Gasteiger charge is 2.20. The Hall–Kier alpha value is -1.40. The number of allylic oxidation sites excluding steroid dienone is 2. The molecule has 0 spiro atoms. The Morgan fingerprint density at radius 3 is 1.15 bits per heavy atom. The third-order valence-electron chi connectivity index (χ3n) is 13.1. The summed E-state index contributed by atoms with van der Waals surface area (Å²) in [5, 5.41) is 23.3. The maximum atomic E-state index is 12.5. The zero-order chi connectivity index (χ0) is 45.1. The molecular weight excluding hydrogens is 767 g/mol. The number of rotatable bonds is 52. The highest BCUT2D eigenvalue weighted by Crippen LogP contribution is 2.17. The van der Waals surface area contributed by atoms with Crippen molar-refractivity contribution in [1.29, 1.82) is 0 Å². The first-order chi connectivity index (χ1) is 30.5. The number of ether oxygens (including phenoxy) is 1.